The number of rotatable bonds is 6. The normalized spacial score (nSPS) is 22.5. The van der Waals surface area contributed by atoms with Gasteiger partial charge < -0.3 is 14.9 Å². The molecule has 7 nitrogen and oxygen atoms in total. The SMILES string of the molecule is CC1C(CNC(=O)c2ccnn2C2CCOCC2)=NOC1Cc1ccccc1. The third-order valence-electron chi connectivity index (χ3n) is 5.54. The first-order chi connectivity index (χ1) is 13.7. The number of nitrogens with zero attached hydrogens (tertiary/aromatic N) is 3. The zero-order valence-corrected chi connectivity index (χ0v) is 16.1. The van der Waals surface area contributed by atoms with Crippen LogP contribution >= 0.6 is 0 Å². The lowest BCUT2D eigenvalue weighted by molar-refractivity contribution is 0.0642. The summed E-state index contributed by atoms with van der Waals surface area (Å²) in [5.74, 6) is 0.0197. The molecule has 0 saturated carbocycles. The summed E-state index contributed by atoms with van der Waals surface area (Å²) in [5, 5.41) is 11.6. The molecule has 2 aliphatic rings. The number of ether oxygens (including phenoxy) is 1. The Morgan fingerprint density at radius 2 is 2.00 bits per heavy atom. The van der Waals surface area contributed by atoms with E-state index in [1.165, 1.54) is 5.56 Å². The molecule has 7 heteroatoms. The van der Waals surface area contributed by atoms with E-state index in [4.69, 9.17) is 9.57 Å². The second kappa shape index (κ2) is 8.56. The minimum absolute atomic E-state index is 0.00192. The van der Waals surface area contributed by atoms with E-state index in [1.54, 1.807) is 12.3 Å². The fourth-order valence-corrected chi connectivity index (χ4v) is 3.75. The monoisotopic (exact) mass is 382 g/mol. The molecule has 28 heavy (non-hydrogen) atoms. The number of benzene rings is 1. The maximum atomic E-state index is 12.7. The summed E-state index contributed by atoms with van der Waals surface area (Å²) in [6, 6.07) is 12.2. The molecular weight excluding hydrogens is 356 g/mol. The zero-order chi connectivity index (χ0) is 19.3. The van der Waals surface area contributed by atoms with Crippen molar-refractivity contribution < 1.29 is 14.4 Å². The highest BCUT2D eigenvalue weighted by Crippen LogP contribution is 2.23. The Bertz CT molecular complexity index is 827. The van der Waals surface area contributed by atoms with Crippen LogP contribution in [-0.2, 0) is 16.0 Å². The van der Waals surface area contributed by atoms with Gasteiger partial charge in [0.1, 0.15) is 11.8 Å². The van der Waals surface area contributed by atoms with Gasteiger partial charge in [0.15, 0.2) is 0 Å². The van der Waals surface area contributed by atoms with Crippen LogP contribution in [0.4, 0.5) is 0 Å². The molecule has 2 aromatic rings. The number of hydrogen-bond acceptors (Lipinski definition) is 5. The van der Waals surface area contributed by atoms with Crippen LogP contribution in [0.2, 0.25) is 0 Å². The molecule has 1 aromatic carbocycles. The Morgan fingerprint density at radius 3 is 2.79 bits per heavy atom. The Morgan fingerprint density at radius 1 is 1.21 bits per heavy atom. The average molecular weight is 382 g/mol. The van der Waals surface area contributed by atoms with Crippen LogP contribution < -0.4 is 5.32 Å². The maximum Gasteiger partial charge on any atom is 0.269 e. The van der Waals surface area contributed by atoms with E-state index in [1.807, 2.05) is 22.9 Å². The summed E-state index contributed by atoms with van der Waals surface area (Å²) in [5.41, 5.74) is 2.67. The summed E-state index contributed by atoms with van der Waals surface area (Å²) in [7, 11) is 0. The average Bonchev–Trinajstić information content (AvgIpc) is 3.36. The van der Waals surface area contributed by atoms with E-state index in [0.717, 1.165) is 25.0 Å². The Hall–Kier alpha value is -2.67. The molecule has 1 amide bonds. The van der Waals surface area contributed by atoms with Crippen LogP contribution in [0.15, 0.2) is 47.8 Å². The highest BCUT2D eigenvalue weighted by Gasteiger charge is 2.31. The number of amides is 1. The molecule has 1 N–H and O–H groups in total. The zero-order valence-electron chi connectivity index (χ0n) is 16.1. The number of carbonyl (C=O) groups excluding carboxylic acids is 1. The minimum Gasteiger partial charge on any atom is -0.391 e. The van der Waals surface area contributed by atoms with Crippen LogP contribution in [0.3, 0.4) is 0 Å². The Labute approximate surface area is 164 Å². The van der Waals surface area contributed by atoms with Crippen molar-refractivity contribution in [3.05, 3.63) is 53.9 Å². The summed E-state index contributed by atoms with van der Waals surface area (Å²) in [6.45, 7) is 3.89. The van der Waals surface area contributed by atoms with Crippen molar-refractivity contribution in [1.29, 1.82) is 0 Å². The van der Waals surface area contributed by atoms with E-state index in [0.29, 0.717) is 25.5 Å². The first-order valence-electron chi connectivity index (χ1n) is 9.88. The lowest BCUT2D eigenvalue weighted by Crippen LogP contribution is -2.35. The van der Waals surface area contributed by atoms with Crippen molar-refractivity contribution in [2.45, 2.75) is 38.3 Å². The molecule has 0 radical (unpaired) electrons. The van der Waals surface area contributed by atoms with Gasteiger partial charge in [-0.3, -0.25) is 9.48 Å². The van der Waals surface area contributed by atoms with Gasteiger partial charge in [-0.2, -0.15) is 5.10 Å². The van der Waals surface area contributed by atoms with E-state index >= 15 is 0 Å². The molecule has 0 bridgehead atoms. The Kier molecular flexibility index (Phi) is 5.71. The number of hydrogen-bond donors (Lipinski definition) is 1. The first kappa shape index (κ1) is 18.7. The van der Waals surface area contributed by atoms with Gasteiger partial charge >= 0.3 is 0 Å². The molecule has 2 atom stereocenters. The number of nitrogens with one attached hydrogen (secondary N) is 1. The van der Waals surface area contributed by atoms with Crippen LogP contribution in [0, 0.1) is 5.92 Å². The van der Waals surface area contributed by atoms with Gasteiger partial charge in [-0.1, -0.05) is 42.4 Å². The minimum atomic E-state index is -0.134. The van der Waals surface area contributed by atoms with E-state index < -0.39 is 0 Å². The van der Waals surface area contributed by atoms with Gasteiger partial charge in [0.25, 0.3) is 5.91 Å². The van der Waals surface area contributed by atoms with Gasteiger partial charge in [-0.15, -0.1) is 0 Å². The van der Waals surface area contributed by atoms with E-state index in [-0.39, 0.29) is 24.0 Å². The molecule has 4 rings (SSSR count). The van der Waals surface area contributed by atoms with Gasteiger partial charge in [-0.25, -0.2) is 0 Å². The van der Waals surface area contributed by atoms with Crippen LogP contribution in [0.1, 0.15) is 41.9 Å². The first-order valence-corrected chi connectivity index (χ1v) is 9.88. The molecule has 148 valence electrons. The fraction of sp³-hybridized carbons (Fsp3) is 0.476. The van der Waals surface area contributed by atoms with Gasteiger partial charge in [0.2, 0.25) is 0 Å². The molecule has 1 aromatic heterocycles. The van der Waals surface area contributed by atoms with Crippen molar-refractivity contribution >= 4 is 11.6 Å². The molecule has 0 aliphatic carbocycles. The van der Waals surface area contributed by atoms with Gasteiger partial charge in [0.05, 0.1) is 18.3 Å². The summed E-state index contributed by atoms with van der Waals surface area (Å²) in [6.07, 6.45) is 4.24. The molecule has 1 fully saturated rings. The van der Waals surface area contributed by atoms with Crippen LogP contribution in [-0.4, -0.2) is 47.3 Å². The van der Waals surface area contributed by atoms with Crippen molar-refractivity contribution in [1.82, 2.24) is 15.1 Å². The van der Waals surface area contributed by atoms with E-state index in [9.17, 15) is 4.79 Å². The molecule has 1 saturated heterocycles. The number of oxime groups is 1. The summed E-state index contributed by atoms with van der Waals surface area (Å²) in [4.78, 5) is 18.3. The number of carbonyl (C=O) groups is 1. The fourth-order valence-electron chi connectivity index (χ4n) is 3.75. The van der Waals surface area contributed by atoms with Gasteiger partial charge in [-0.05, 0) is 24.5 Å². The smallest absolute Gasteiger partial charge is 0.269 e. The van der Waals surface area contributed by atoms with Crippen LogP contribution in [0.5, 0.6) is 0 Å². The van der Waals surface area contributed by atoms with Gasteiger partial charge in [0, 0.05) is 31.7 Å². The number of aromatic nitrogens is 2. The lowest BCUT2D eigenvalue weighted by Gasteiger charge is -2.24. The summed E-state index contributed by atoms with van der Waals surface area (Å²) >= 11 is 0. The van der Waals surface area contributed by atoms with E-state index in [2.05, 4.69) is 34.6 Å². The predicted molar refractivity (Wildman–Crippen MR) is 105 cm³/mol. The molecular formula is C21H26N4O3. The molecule has 2 unspecified atom stereocenters. The quantitative estimate of drug-likeness (QED) is 0.833. The Balaban J connectivity index is 1.32. The molecule has 0 spiro atoms. The topological polar surface area (TPSA) is 77.7 Å². The molecule has 2 aliphatic heterocycles. The standard InChI is InChI=1S/C21H26N4O3/c1-15-18(24-28-20(15)13-16-5-3-2-4-6-16)14-22-21(26)19-7-10-23-25(19)17-8-11-27-12-9-17/h2-7,10,15,17,20H,8-9,11-14H2,1H3,(H,22,26). The highest BCUT2D eigenvalue weighted by atomic mass is 16.6. The van der Waals surface area contributed by atoms with Crippen molar-refractivity contribution in [3.8, 4) is 0 Å². The van der Waals surface area contributed by atoms with Crippen LogP contribution in [0.25, 0.3) is 0 Å². The van der Waals surface area contributed by atoms with Crippen molar-refractivity contribution in [2.75, 3.05) is 19.8 Å². The third kappa shape index (κ3) is 4.09. The maximum absolute atomic E-state index is 12.7. The largest absolute Gasteiger partial charge is 0.391 e. The van der Waals surface area contributed by atoms with Crippen molar-refractivity contribution in [2.24, 2.45) is 11.1 Å². The second-order valence-electron chi connectivity index (χ2n) is 7.39. The molecule has 3 heterocycles. The highest BCUT2D eigenvalue weighted by molar-refractivity contribution is 5.97. The second-order valence-corrected chi connectivity index (χ2v) is 7.39. The third-order valence-corrected chi connectivity index (χ3v) is 5.54. The predicted octanol–water partition coefficient (Wildman–Crippen LogP) is 2.60. The van der Waals surface area contributed by atoms with Crippen molar-refractivity contribution in [3.63, 3.8) is 0 Å². The lowest BCUT2D eigenvalue weighted by atomic mass is 9.94. The summed E-state index contributed by atoms with van der Waals surface area (Å²) < 4.78 is 7.23.